The Morgan fingerprint density at radius 3 is 1.95 bits per heavy atom. The predicted octanol–water partition coefficient (Wildman–Crippen LogP) is 1.69. The summed E-state index contributed by atoms with van der Waals surface area (Å²) in [6.45, 7) is 2.82. The number of hydrogen-bond acceptors (Lipinski definition) is 4. The number of amides is 1. The average Bonchev–Trinajstić information content (AvgIpc) is 2.30. The van der Waals surface area contributed by atoms with Crippen LogP contribution in [-0.2, 0) is 14.6 Å². The van der Waals surface area contributed by atoms with E-state index in [0.717, 1.165) is 31.9 Å². The van der Waals surface area contributed by atoms with Crippen molar-refractivity contribution >= 4 is 33.0 Å². The molecular weight excluding hydrogens is 308 g/mol. The molecule has 0 atom stereocenters. The second-order valence-corrected chi connectivity index (χ2v) is 9.46. The van der Waals surface area contributed by atoms with Crippen molar-refractivity contribution in [3.05, 3.63) is 0 Å². The van der Waals surface area contributed by atoms with Crippen molar-refractivity contribution in [3.8, 4) is 0 Å². The molecule has 0 aliphatic heterocycles. The molecule has 0 aromatic rings. The van der Waals surface area contributed by atoms with Crippen LogP contribution in [0.15, 0.2) is 0 Å². The summed E-state index contributed by atoms with van der Waals surface area (Å²) in [6.07, 6.45) is 7.61. The van der Waals surface area contributed by atoms with E-state index in [-0.39, 0.29) is 4.99 Å². The van der Waals surface area contributed by atoms with Gasteiger partial charge in [0.1, 0.15) is 4.75 Å². The van der Waals surface area contributed by atoms with E-state index in [1.54, 1.807) is 0 Å². The van der Waals surface area contributed by atoms with Crippen molar-refractivity contribution in [3.63, 3.8) is 0 Å². The lowest BCUT2D eigenvalue weighted by molar-refractivity contribution is -0.124. The van der Waals surface area contributed by atoms with Gasteiger partial charge < -0.3 is 11.1 Å². The van der Waals surface area contributed by atoms with Gasteiger partial charge in [-0.1, -0.05) is 44.3 Å². The van der Waals surface area contributed by atoms with Gasteiger partial charge in [-0.2, -0.15) is 0 Å². The van der Waals surface area contributed by atoms with Gasteiger partial charge in [0.2, 0.25) is 5.91 Å². The molecular formula is C14H26N2O3S2. The summed E-state index contributed by atoms with van der Waals surface area (Å²) in [5.74, 6) is -0.529. The van der Waals surface area contributed by atoms with Crippen LogP contribution in [0.5, 0.6) is 0 Å². The van der Waals surface area contributed by atoms with E-state index in [4.69, 9.17) is 18.0 Å². The predicted molar refractivity (Wildman–Crippen MR) is 88.9 cm³/mol. The van der Waals surface area contributed by atoms with Gasteiger partial charge in [-0.25, -0.2) is 8.42 Å². The summed E-state index contributed by atoms with van der Waals surface area (Å²) >= 11 is 5.18. The Bertz CT molecular complexity index is 504. The van der Waals surface area contributed by atoms with Crippen molar-refractivity contribution in [2.24, 2.45) is 5.73 Å². The molecule has 21 heavy (non-hydrogen) atoms. The third-order valence-corrected chi connectivity index (χ3v) is 6.94. The number of nitrogens with two attached hydrogens (primary N) is 1. The van der Waals surface area contributed by atoms with Gasteiger partial charge >= 0.3 is 0 Å². The molecule has 5 nitrogen and oxygen atoms in total. The number of rotatable bonds is 4. The second kappa shape index (κ2) is 6.60. The minimum absolute atomic E-state index is 0.252. The zero-order valence-electron chi connectivity index (χ0n) is 13.1. The lowest BCUT2D eigenvalue weighted by Crippen LogP contribution is -2.62. The molecule has 0 bridgehead atoms. The van der Waals surface area contributed by atoms with E-state index in [1.807, 2.05) is 0 Å². The fraction of sp³-hybridized carbons (Fsp3) is 0.857. The van der Waals surface area contributed by atoms with Crippen LogP contribution in [0.1, 0.15) is 58.8 Å². The van der Waals surface area contributed by atoms with Crippen LogP contribution in [0.4, 0.5) is 0 Å². The van der Waals surface area contributed by atoms with Crippen molar-refractivity contribution in [1.82, 2.24) is 5.32 Å². The topological polar surface area (TPSA) is 89.3 Å². The zero-order valence-corrected chi connectivity index (χ0v) is 14.7. The number of hydrogen-bond donors (Lipinski definition) is 2. The molecule has 7 heteroatoms. The third kappa shape index (κ3) is 4.16. The first-order chi connectivity index (χ1) is 9.53. The Hall–Kier alpha value is -0.690. The Morgan fingerprint density at radius 2 is 1.57 bits per heavy atom. The molecule has 0 aromatic carbocycles. The summed E-state index contributed by atoms with van der Waals surface area (Å²) in [5, 5.41) is 2.86. The molecule has 0 heterocycles. The van der Waals surface area contributed by atoms with E-state index in [2.05, 4.69) is 5.32 Å². The molecule has 1 amide bonds. The first kappa shape index (κ1) is 18.4. The van der Waals surface area contributed by atoms with Crippen LogP contribution in [0.2, 0.25) is 0 Å². The van der Waals surface area contributed by atoms with Gasteiger partial charge in [-0.15, -0.1) is 0 Å². The minimum atomic E-state index is -3.52. The molecule has 0 radical (unpaired) electrons. The second-order valence-electron chi connectivity index (χ2n) is 6.45. The van der Waals surface area contributed by atoms with E-state index in [1.165, 1.54) is 20.3 Å². The van der Waals surface area contributed by atoms with Gasteiger partial charge in [-0.3, -0.25) is 4.79 Å². The van der Waals surface area contributed by atoms with Crippen molar-refractivity contribution < 1.29 is 13.2 Å². The number of carbonyl (C=O) groups is 1. The fourth-order valence-electron chi connectivity index (χ4n) is 2.48. The Balaban J connectivity index is 3.02. The maximum atomic E-state index is 12.5. The molecule has 1 saturated carbocycles. The zero-order chi connectivity index (χ0) is 16.3. The first-order valence-electron chi connectivity index (χ1n) is 7.35. The third-order valence-electron chi connectivity index (χ3n) is 4.51. The summed E-state index contributed by atoms with van der Waals surface area (Å²) < 4.78 is 22.1. The van der Waals surface area contributed by atoms with Gasteiger partial charge in [0, 0.05) is 6.26 Å². The molecule has 0 aromatic heterocycles. The fourth-order valence-corrected chi connectivity index (χ4v) is 3.12. The van der Waals surface area contributed by atoms with Crippen molar-refractivity contribution in [2.45, 2.75) is 69.1 Å². The molecule has 1 rings (SSSR count). The molecule has 122 valence electrons. The average molecular weight is 335 g/mol. The summed E-state index contributed by atoms with van der Waals surface area (Å²) in [5.41, 5.74) is 5.14. The number of nitrogens with one attached hydrogen (secondary N) is 1. The smallest absolute Gasteiger partial charge is 0.241 e. The van der Waals surface area contributed by atoms with E-state index >= 15 is 0 Å². The van der Waals surface area contributed by atoms with E-state index in [9.17, 15) is 13.2 Å². The highest BCUT2D eigenvalue weighted by molar-refractivity contribution is 7.92. The molecule has 1 aliphatic carbocycles. The maximum absolute atomic E-state index is 12.5. The van der Waals surface area contributed by atoms with Crippen LogP contribution in [0.25, 0.3) is 0 Å². The number of thiocarbonyl (C=S) groups is 1. The molecule has 1 aliphatic rings. The minimum Gasteiger partial charge on any atom is -0.391 e. The lowest BCUT2D eigenvalue weighted by Gasteiger charge is -2.37. The van der Waals surface area contributed by atoms with Crippen LogP contribution in [0, 0.1) is 0 Å². The lowest BCUT2D eigenvalue weighted by atomic mass is 9.83. The molecule has 3 N–H and O–H groups in total. The van der Waals surface area contributed by atoms with Crippen LogP contribution >= 0.6 is 12.2 Å². The van der Waals surface area contributed by atoms with Crippen LogP contribution in [-0.4, -0.2) is 35.9 Å². The van der Waals surface area contributed by atoms with E-state index < -0.39 is 26.0 Å². The summed E-state index contributed by atoms with van der Waals surface area (Å²) in [6, 6.07) is 0. The summed E-state index contributed by atoms with van der Waals surface area (Å²) in [7, 11) is -3.52. The molecule has 0 spiro atoms. The Kier molecular flexibility index (Phi) is 5.77. The standard InChI is InChI=1S/C14H26N2O3S2/c1-13(2,21(3,18)19)12(17)16-14(11(15)20)9-7-5-4-6-8-10-14/h4-10H2,1-3H3,(H2,15,20)(H,16,17). The number of carbonyl (C=O) groups excluding carboxylic acids is 1. The molecule has 0 saturated heterocycles. The SMILES string of the molecule is CC(C)(C(=O)NC1(C(N)=S)CCCCCCC1)S(C)(=O)=O. The largest absolute Gasteiger partial charge is 0.391 e. The van der Waals surface area contributed by atoms with Gasteiger partial charge in [0.25, 0.3) is 0 Å². The number of sulfone groups is 1. The maximum Gasteiger partial charge on any atom is 0.241 e. The molecule has 0 unspecified atom stereocenters. The van der Waals surface area contributed by atoms with Gasteiger partial charge in [0.15, 0.2) is 9.84 Å². The first-order valence-corrected chi connectivity index (χ1v) is 9.65. The van der Waals surface area contributed by atoms with Crippen molar-refractivity contribution in [2.75, 3.05) is 6.26 Å². The van der Waals surface area contributed by atoms with Gasteiger partial charge in [-0.05, 0) is 26.7 Å². The Labute approximate surface area is 133 Å². The monoisotopic (exact) mass is 334 g/mol. The Morgan fingerprint density at radius 1 is 1.14 bits per heavy atom. The summed E-state index contributed by atoms with van der Waals surface area (Å²) in [4.78, 5) is 12.7. The van der Waals surface area contributed by atoms with Crippen LogP contribution < -0.4 is 11.1 Å². The highest BCUT2D eigenvalue weighted by atomic mass is 32.2. The van der Waals surface area contributed by atoms with Gasteiger partial charge in [0.05, 0.1) is 10.5 Å². The van der Waals surface area contributed by atoms with E-state index in [0.29, 0.717) is 12.8 Å². The van der Waals surface area contributed by atoms with Crippen molar-refractivity contribution in [1.29, 1.82) is 0 Å². The highest BCUT2D eigenvalue weighted by Gasteiger charge is 2.43. The highest BCUT2D eigenvalue weighted by Crippen LogP contribution is 2.28. The molecule has 1 fully saturated rings. The van der Waals surface area contributed by atoms with Crippen LogP contribution in [0.3, 0.4) is 0 Å². The normalized spacial score (nSPS) is 20.1. The quantitative estimate of drug-likeness (QED) is 0.764.